The second kappa shape index (κ2) is 8.20. The fraction of sp³-hybridized carbons (Fsp3) is 0.200. The maximum atomic E-state index is 12.3. The number of aromatic nitrogens is 3. The lowest BCUT2D eigenvalue weighted by Crippen LogP contribution is -2.22. The molecule has 0 unspecified atom stereocenters. The van der Waals surface area contributed by atoms with Crippen LogP contribution in [0.25, 0.3) is 0 Å². The summed E-state index contributed by atoms with van der Waals surface area (Å²) in [7, 11) is 1.96. The molecule has 0 saturated heterocycles. The number of nitrogens with one attached hydrogen (secondary N) is 1. The number of anilines is 2. The van der Waals surface area contributed by atoms with Crippen LogP contribution in [0.3, 0.4) is 0 Å². The van der Waals surface area contributed by atoms with Crippen LogP contribution >= 0.6 is 0 Å². The zero-order valence-corrected chi connectivity index (χ0v) is 14.9. The molecule has 1 aromatic carbocycles. The van der Waals surface area contributed by atoms with E-state index < -0.39 is 0 Å². The minimum atomic E-state index is -0.271. The Morgan fingerprint density at radius 1 is 1.00 bits per heavy atom. The van der Waals surface area contributed by atoms with Gasteiger partial charge in [-0.1, -0.05) is 17.7 Å². The van der Waals surface area contributed by atoms with E-state index in [-0.39, 0.29) is 11.6 Å². The second-order valence-electron chi connectivity index (χ2n) is 6.12. The number of amides is 1. The molecular weight excluding hydrogens is 326 g/mol. The summed E-state index contributed by atoms with van der Waals surface area (Å²) in [4.78, 5) is 18.3. The van der Waals surface area contributed by atoms with Crippen LogP contribution in [-0.2, 0) is 6.42 Å². The molecule has 6 nitrogen and oxygen atoms in total. The number of carbonyl (C=O) groups is 1. The van der Waals surface area contributed by atoms with E-state index >= 15 is 0 Å². The van der Waals surface area contributed by atoms with Gasteiger partial charge in [-0.3, -0.25) is 9.78 Å². The van der Waals surface area contributed by atoms with Crippen LogP contribution in [0.15, 0.2) is 60.9 Å². The summed E-state index contributed by atoms with van der Waals surface area (Å²) in [6.07, 6.45) is 4.46. The highest BCUT2D eigenvalue weighted by Gasteiger charge is 2.10. The highest BCUT2D eigenvalue weighted by Crippen LogP contribution is 2.12. The topological polar surface area (TPSA) is 71.0 Å². The first-order valence-corrected chi connectivity index (χ1v) is 8.43. The highest BCUT2D eigenvalue weighted by molar-refractivity contribution is 6.02. The Hall–Kier alpha value is -3.28. The molecule has 2 heterocycles. The Morgan fingerprint density at radius 2 is 1.73 bits per heavy atom. The molecule has 0 bridgehead atoms. The molecule has 0 aliphatic heterocycles. The molecule has 0 fully saturated rings. The molecule has 3 rings (SSSR count). The molecule has 1 N–H and O–H groups in total. The van der Waals surface area contributed by atoms with Gasteiger partial charge in [0.15, 0.2) is 11.5 Å². The summed E-state index contributed by atoms with van der Waals surface area (Å²) in [5, 5.41) is 11.0. The Balaban J connectivity index is 1.58. The van der Waals surface area contributed by atoms with Crippen molar-refractivity contribution in [1.29, 1.82) is 0 Å². The molecule has 0 aliphatic carbocycles. The van der Waals surface area contributed by atoms with Gasteiger partial charge in [0.05, 0.1) is 0 Å². The van der Waals surface area contributed by atoms with Crippen LogP contribution in [0.2, 0.25) is 0 Å². The third-order valence-corrected chi connectivity index (χ3v) is 4.07. The van der Waals surface area contributed by atoms with Gasteiger partial charge in [0.1, 0.15) is 0 Å². The summed E-state index contributed by atoms with van der Waals surface area (Å²) >= 11 is 0. The standard InChI is InChI=1S/C20H21N5O/c1-15-3-5-17(6-4-15)22-20(26)18-7-8-19(24-23-18)25(2)14-11-16-9-12-21-13-10-16/h3-10,12-13H,11,14H2,1-2H3,(H,22,26). The average molecular weight is 347 g/mol. The highest BCUT2D eigenvalue weighted by atomic mass is 16.1. The normalized spacial score (nSPS) is 10.4. The zero-order valence-electron chi connectivity index (χ0n) is 14.9. The Morgan fingerprint density at radius 3 is 2.38 bits per heavy atom. The minimum Gasteiger partial charge on any atom is -0.358 e. The summed E-state index contributed by atoms with van der Waals surface area (Å²) in [6, 6.07) is 15.1. The number of nitrogens with zero attached hydrogens (tertiary/aromatic N) is 4. The predicted octanol–water partition coefficient (Wildman–Crippen LogP) is 3.11. The van der Waals surface area contributed by atoms with Crippen LogP contribution in [0.5, 0.6) is 0 Å². The molecule has 132 valence electrons. The third-order valence-electron chi connectivity index (χ3n) is 4.07. The van der Waals surface area contributed by atoms with E-state index in [1.807, 2.05) is 61.3 Å². The maximum Gasteiger partial charge on any atom is 0.276 e. The lowest BCUT2D eigenvalue weighted by atomic mass is 10.2. The zero-order chi connectivity index (χ0) is 18.4. The first kappa shape index (κ1) is 17.5. The van der Waals surface area contributed by atoms with Gasteiger partial charge in [0.25, 0.3) is 5.91 Å². The molecule has 0 spiro atoms. The minimum absolute atomic E-state index is 0.271. The number of likely N-dealkylation sites (N-methyl/N-ethyl adjacent to an activating group) is 1. The fourth-order valence-corrected chi connectivity index (χ4v) is 2.44. The van der Waals surface area contributed by atoms with Crippen molar-refractivity contribution >= 4 is 17.4 Å². The summed E-state index contributed by atoms with van der Waals surface area (Å²) in [5.74, 6) is 0.457. The van der Waals surface area contributed by atoms with Crippen molar-refractivity contribution in [2.75, 3.05) is 23.8 Å². The van der Waals surface area contributed by atoms with Crippen LogP contribution in [0.4, 0.5) is 11.5 Å². The van der Waals surface area contributed by atoms with Crippen molar-refractivity contribution in [1.82, 2.24) is 15.2 Å². The van der Waals surface area contributed by atoms with E-state index in [1.54, 1.807) is 18.5 Å². The molecule has 0 saturated carbocycles. The van der Waals surface area contributed by atoms with Crippen LogP contribution < -0.4 is 10.2 Å². The maximum absolute atomic E-state index is 12.3. The van der Waals surface area contributed by atoms with Gasteiger partial charge >= 0.3 is 0 Å². The van der Waals surface area contributed by atoms with Crippen molar-refractivity contribution in [2.45, 2.75) is 13.3 Å². The summed E-state index contributed by atoms with van der Waals surface area (Å²) in [6.45, 7) is 2.80. The third kappa shape index (κ3) is 4.63. The molecule has 6 heteroatoms. The Kier molecular flexibility index (Phi) is 5.53. The molecular formula is C20H21N5O. The van der Waals surface area contributed by atoms with Crippen molar-refractivity contribution in [3.63, 3.8) is 0 Å². The molecule has 26 heavy (non-hydrogen) atoms. The molecule has 0 aliphatic rings. The van der Waals surface area contributed by atoms with Crippen molar-refractivity contribution in [3.05, 3.63) is 77.7 Å². The van der Waals surface area contributed by atoms with Crippen molar-refractivity contribution in [3.8, 4) is 0 Å². The molecule has 0 atom stereocenters. The lowest BCUT2D eigenvalue weighted by Gasteiger charge is -2.17. The van der Waals surface area contributed by atoms with Crippen LogP contribution in [-0.4, -0.2) is 34.7 Å². The lowest BCUT2D eigenvalue weighted by molar-refractivity contribution is 0.102. The number of aryl methyl sites for hydroxylation is 1. The number of hydrogen-bond acceptors (Lipinski definition) is 5. The van der Waals surface area contributed by atoms with Crippen molar-refractivity contribution < 1.29 is 4.79 Å². The average Bonchev–Trinajstić information content (AvgIpc) is 2.69. The number of pyridine rings is 1. The van der Waals surface area contributed by atoms with Crippen LogP contribution in [0, 0.1) is 6.92 Å². The summed E-state index contributed by atoms with van der Waals surface area (Å²) in [5.41, 5.74) is 3.38. The van der Waals surface area contributed by atoms with E-state index in [4.69, 9.17) is 0 Å². The SMILES string of the molecule is Cc1ccc(NC(=O)c2ccc(N(C)CCc3ccncc3)nn2)cc1. The van der Waals surface area contributed by atoms with Gasteiger partial charge in [0.2, 0.25) is 0 Å². The first-order chi connectivity index (χ1) is 12.6. The van der Waals surface area contributed by atoms with Gasteiger partial charge in [0, 0.05) is 31.7 Å². The largest absolute Gasteiger partial charge is 0.358 e. The smallest absolute Gasteiger partial charge is 0.276 e. The van der Waals surface area contributed by atoms with E-state index in [0.717, 1.165) is 30.0 Å². The number of rotatable bonds is 6. The number of hydrogen-bond donors (Lipinski definition) is 1. The molecule has 2 aromatic heterocycles. The molecule has 0 radical (unpaired) electrons. The van der Waals surface area contributed by atoms with Gasteiger partial charge in [-0.05, 0) is 55.3 Å². The van der Waals surface area contributed by atoms with E-state index in [1.165, 1.54) is 5.56 Å². The first-order valence-electron chi connectivity index (χ1n) is 8.43. The molecule has 1 amide bonds. The van der Waals surface area contributed by atoms with Crippen LogP contribution in [0.1, 0.15) is 21.6 Å². The quantitative estimate of drug-likeness (QED) is 0.742. The molecule has 3 aromatic rings. The van der Waals surface area contributed by atoms with E-state index in [2.05, 4.69) is 20.5 Å². The summed E-state index contributed by atoms with van der Waals surface area (Å²) < 4.78 is 0. The van der Waals surface area contributed by atoms with Gasteiger partial charge in [-0.15, -0.1) is 10.2 Å². The van der Waals surface area contributed by atoms with Gasteiger partial charge < -0.3 is 10.2 Å². The van der Waals surface area contributed by atoms with Gasteiger partial charge in [-0.25, -0.2) is 0 Å². The van der Waals surface area contributed by atoms with Gasteiger partial charge in [-0.2, -0.15) is 0 Å². The van der Waals surface area contributed by atoms with Crippen molar-refractivity contribution in [2.24, 2.45) is 0 Å². The fourth-order valence-electron chi connectivity index (χ4n) is 2.44. The Labute approximate surface area is 152 Å². The number of carbonyl (C=O) groups excluding carboxylic acids is 1. The predicted molar refractivity (Wildman–Crippen MR) is 102 cm³/mol. The second-order valence-corrected chi connectivity index (χ2v) is 6.12. The van der Waals surface area contributed by atoms with E-state index in [0.29, 0.717) is 0 Å². The monoisotopic (exact) mass is 347 g/mol. The Bertz CT molecular complexity index is 848. The van der Waals surface area contributed by atoms with E-state index in [9.17, 15) is 4.79 Å². The number of benzene rings is 1.